The summed E-state index contributed by atoms with van der Waals surface area (Å²) >= 11 is 0. The molecule has 0 aromatic heterocycles. The van der Waals surface area contributed by atoms with Gasteiger partial charge in [0.15, 0.2) is 0 Å². The highest BCUT2D eigenvalue weighted by atomic mass is 16.6. The van der Waals surface area contributed by atoms with E-state index in [1.165, 1.54) is 0 Å². The van der Waals surface area contributed by atoms with Gasteiger partial charge in [-0.15, -0.1) is 0 Å². The van der Waals surface area contributed by atoms with Crippen LogP contribution < -0.4 is 0 Å². The Morgan fingerprint density at radius 1 is 0.467 bits per heavy atom. The van der Waals surface area contributed by atoms with Crippen molar-refractivity contribution in [2.45, 2.75) is 57.4 Å². The van der Waals surface area contributed by atoms with Crippen LogP contribution in [0.15, 0.2) is 91.0 Å². The molecule has 0 radical (unpaired) electrons. The number of hydrogen-bond donors (Lipinski definition) is 0. The summed E-state index contributed by atoms with van der Waals surface area (Å²) in [5.41, 5.74) is 1.88. The van der Waals surface area contributed by atoms with Gasteiger partial charge in [0.2, 0.25) is 18.3 Å². The van der Waals surface area contributed by atoms with Gasteiger partial charge in [-0.2, -0.15) is 0 Å². The van der Waals surface area contributed by atoms with E-state index in [0.29, 0.717) is 16.7 Å². The Morgan fingerprint density at radius 2 is 0.711 bits per heavy atom. The number of carbonyl (C=O) groups excluding carboxylic acids is 6. The molecule has 4 rings (SSSR count). The fourth-order valence-corrected chi connectivity index (χ4v) is 4.06. The van der Waals surface area contributed by atoms with E-state index in [0.717, 1.165) is 0 Å². The maximum Gasteiger partial charge on any atom is 0.348 e. The first-order chi connectivity index (χ1) is 21.8. The Bertz CT molecular complexity index is 1270. The number of esters is 6. The number of benzene rings is 3. The molecule has 3 aromatic rings. The number of rotatable bonds is 9. The lowest BCUT2D eigenvalue weighted by Crippen LogP contribution is -2.40. The molecule has 0 unspecified atom stereocenters. The number of cyclic esters (lactones) is 3. The number of ether oxygens (including phenoxy) is 6. The standard InChI is InChI=1S/C33H30O12/c34-28-16-25(31(37)40-19-22-10-4-1-5-11-22)43-29(35)17-26(32(38)41-20-23-12-6-2-7-13-23)45-30(36)18-27(44-28)33(39)42-21-24-14-8-3-9-15-24/h1-15,25-27H,16-21H2/t25-,26-,27-/m1/s1. The molecule has 1 heterocycles. The fourth-order valence-electron chi connectivity index (χ4n) is 4.06. The first-order valence-corrected chi connectivity index (χ1v) is 14.0. The van der Waals surface area contributed by atoms with Crippen molar-refractivity contribution in [3.63, 3.8) is 0 Å². The van der Waals surface area contributed by atoms with Crippen LogP contribution in [0.3, 0.4) is 0 Å². The lowest BCUT2D eigenvalue weighted by atomic mass is 10.2. The number of carbonyl (C=O) groups is 6. The second kappa shape index (κ2) is 16.4. The average molecular weight is 619 g/mol. The van der Waals surface area contributed by atoms with Gasteiger partial charge in [-0.1, -0.05) is 91.0 Å². The lowest BCUT2D eigenvalue weighted by molar-refractivity contribution is -0.186. The predicted molar refractivity (Wildman–Crippen MR) is 152 cm³/mol. The van der Waals surface area contributed by atoms with Crippen molar-refractivity contribution in [2.75, 3.05) is 0 Å². The third kappa shape index (κ3) is 10.6. The molecular formula is C33H30O12. The summed E-state index contributed by atoms with van der Waals surface area (Å²) in [4.78, 5) is 77.2. The van der Waals surface area contributed by atoms with Crippen molar-refractivity contribution in [1.29, 1.82) is 0 Å². The maximum atomic E-state index is 12.9. The molecule has 1 fully saturated rings. The molecule has 12 heteroatoms. The normalized spacial score (nSPS) is 18.9. The Balaban J connectivity index is 1.51. The average Bonchev–Trinajstić information content (AvgIpc) is 3.05. The van der Waals surface area contributed by atoms with E-state index in [9.17, 15) is 28.8 Å². The molecule has 3 aromatic carbocycles. The third-order valence-corrected chi connectivity index (χ3v) is 6.34. The van der Waals surface area contributed by atoms with Crippen LogP contribution in [0, 0.1) is 0 Å². The van der Waals surface area contributed by atoms with Crippen LogP contribution in [0.1, 0.15) is 36.0 Å². The van der Waals surface area contributed by atoms with Crippen molar-refractivity contribution in [1.82, 2.24) is 0 Å². The van der Waals surface area contributed by atoms with Gasteiger partial charge >= 0.3 is 35.8 Å². The topological polar surface area (TPSA) is 158 Å². The summed E-state index contributed by atoms with van der Waals surface area (Å²) in [6, 6.07) is 25.8. The molecule has 12 nitrogen and oxygen atoms in total. The Morgan fingerprint density at radius 3 is 0.956 bits per heavy atom. The van der Waals surface area contributed by atoms with Crippen molar-refractivity contribution < 1.29 is 57.2 Å². The van der Waals surface area contributed by atoms with E-state index in [-0.39, 0.29) is 19.8 Å². The molecule has 45 heavy (non-hydrogen) atoms. The summed E-state index contributed by atoms with van der Waals surface area (Å²) in [7, 11) is 0. The second-order valence-electron chi connectivity index (χ2n) is 9.83. The quantitative estimate of drug-likeness (QED) is 0.255. The van der Waals surface area contributed by atoms with Crippen molar-refractivity contribution in [3.05, 3.63) is 108 Å². The highest BCUT2D eigenvalue weighted by Crippen LogP contribution is 2.17. The van der Waals surface area contributed by atoms with E-state index in [4.69, 9.17) is 28.4 Å². The molecule has 234 valence electrons. The molecule has 0 aliphatic carbocycles. The maximum absolute atomic E-state index is 12.9. The first-order valence-electron chi connectivity index (χ1n) is 14.0. The largest absolute Gasteiger partial charge is 0.458 e. The Labute approximate surface area is 258 Å². The van der Waals surface area contributed by atoms with Crippen LogP contribution in [0.4, 0.5) is 0 Å². The van der Waals surface area contributed by atoms with Crippen LogP contribution in [0.5, 0.6) is 0 Å². The van der Waals surface area contributed by atoms with E-state index in [1.807, 2.05) is 0 Å². The summed E-state index contributed by atoms with van der Waals surface area (Å²) < 4.78 is 31.3. The molecule has 0 saturated carbocycles. The van der Waals surface area contributed by atoms with Gasteiger partial charge in [-0.25, -0.2) is 14.4 Å². The summed E-state index contributed by atoms with van der Waals surface area (Å²) in [6.45, 7) is -0.574. The number of hydrogen-bond acceptors (Lipinski definition) is 12. The summed E-state index contributed by atoms with van der Waals surface area (Å²) in [5, 5.41) is 0. The molecule has 0 amide bonds. The zero-order valence-corrected chi connectivity index (χ0v) is 24.0. The summed E-state index contributed by atoms with van der Waals surface area (Å²) in [5.74, 6) is -6.70. The smallest absolute Gasteiger partial charge is 0.348 e. The molecule has 0 spiro atoms. The predicted octanol–water partition coefficient (Wildman–Crippen LogP) is 3.14. The van der Waals surface area contributed by atoms with Crippen LogP contribution in [0.2, 0.25) is 0 Å². The third-order valence-electron chi connectivity index (χ3n) is 6.34. The van der Waals surface area contributed by atoms with Gasteiger partial charge in [-0.3, -0.25) is 14.4 Å². The minimum absolute atomic E-state index is 0.191. The highest BCUT2D eigenvalue weighted by Gasteiger charge is 2.37. The highest BCUT2D eigenvalue weighted by molar-refractivity contribution is 5.90. The molecule has 0 N–H and O–H groups in total. The molecular weight excluding hydrogens is 588 g/mol. The molecule has 1 aliphatic rings. The fraction of sp³-hybridized carbons (Fsp3) is 0.273. The van der Waals surface area contributed by atoms with E-state index >= 15 is 0 Å². The van der Waals surface area contributed by atoms with Gasteiger partial charge in [-0.05, 0) is 16.7 Å². The van der Waals surface area contributed by atoms with Crippen molar-refractivity contribution >= 4 is 35.8 Å². The second-order valence-corrected chi connectivity index (χ2v) is 9.83. The lowest BCUT2D eigenvalue weighted by Gasteiger charge is -2.23. The minimum atomic E-state index is -1.80. The van der Waals surface area contributed by atoms with Crippen LogP contribution >= 0.6 is 0 Å². The van der Waals surface area contributed by atoms with Gasteiger partial charge < -0.3 is 28.4 Å². The zero-order valence-electron chi connectivity index (χ0n) is 24.0. The van der Waals surface area contributed by atoms with Crippen LogP contribution in [0.25, 0.3) is 0 Å². The van der Waals surface area contributed by atoms with E-state index in [2.05, 4.69) is 0 Å². The molecule has 1 aliphatic heterocycles. The monoisotopic (exact) mass is 618 g/mol. The molecule has 1 saturated heterocycles. The van der Waals surface area contributed by atoms with Gasteiger partial charge in [0.05, 0.1) is 19.3 Å². The SMILES string of the molecule is O=C1C[C@H](C(=O)OCc2ccccc2)OC(=O)C[C@H](C(=O)OCc2ccccc2)OC(=O)C[C@H](C(=O)OCc2ccccc2)O1. The van der Waals surface area contributed by atoms with Gasteiger partial charge in [0.1, 0.15) is 19.8 Å². The van der Waals surface area contributed by atoms with Crippen LogP contribution in [-0.4, -0.2) is 54.1 Å². The molecule has 0 bridgehead atoms. The van der Waals surface area contributed by atoms with Crippen molar-refractivity contribution in [3.8, 4) is 0 Å². The first kappa shape index (κ1) is 32.4. The molecule has 3 atom stereocenters. The van der Waals surface area contributed by atoms with Crippen LogP contribution in [-0.2, 0) is 77.0 Å². The minimum Gasteiger partial charge on any atom is -0.458 e. The zero-order chi connectivity index (χ0) is 32.0. The van der Waals surface area contributed by atoms with E-state index < -0.39 is 73.4 Å². The van der Waals surface area contributed by atoms with Gasteiger partial charge in [0.25, 0.3) is 0 Å². The summed E-state index contributed by atoms with van der Waals surface area (Å²) in [6.07, 6.45) is -7.94. The Hall–Kier alpha value is -5.52. The van der Waals surface area contributed by atoms with Crippen molar-refractivity contribution in [2.24, 2.45) is 0 Å². The Kier molecular flexibility index (Phi) is 11.8. The van der Waals surface area contributed by atoms with E-state index in [1.54, 1.807) is 91.0 Å². The van der Waals surface area contributed by atoms with Gasteiger partial charge in [0, 0.05) is 0 Å².